The number of carbonyl (C=O) groups is 5. The van der Waals surface area contributed by atoms with Crippen molar-refractivity contribution in [1.82, 2.24) is 0 Å². The summed E-state index contributed by atoms with van der Waals surface area (Å²) in [5.41, 5.74) is 1.06. The molecule has 12 heteroatoms. The van der Waals surface area contributed by atoms with Gasteiger partial charge in [0.05, 0.1) is 51.7 Å². The van der Waals surface area contributed by atoms with Gasteiger partial charge in [0.25, 0.3) is 0 Å². The van der Waals surface area contributed by atoms with E-state index in [-0.39, 0.29) is 45.9 Å². The predicted molar refractivity (Wildman–Crippen MR) is 195 cm³/mol. The molecule has 2 saturated heterocycles. The summed E-state index contributed by atoms with van der Waals surface area (Å²) in [6.45, 7) is 1.69. The van der Waals surface area contributed by atoms with Gasteiger partial charge in [-0.05, 0) is 85.8 Å². The van der Waals surface area contributed by atoms with Gasteiger partial charge in [0.2, 0.25) is 23.6 Å². The van der Waals surface area contributed by atoms with Gasteiger partial charge in [0.1, 0.15) is 5.82 Å². The number of imide groups is 2. The quantitative estimate of drug-likeness (QED) is 0.123. The number of fused-ring (bicyclic) bond motifs is 4. The van der Waals surface area contributed by atoms with E-state index in [2.05, 4.69) is 0 Å². The second-order valence-electron chi connectivity index (χ2n) is 14.1. The Balaban J connectivity index is 1.20. The molecule has 0 unspecified atom stereocenters. The van der Waals surface area contributed by atoms with Crippen LogP contribution in [0.5, 0.6) is 11.5 Å². The zero-order valence-corrected chi connectivity index (χ0v) is 29.9. The summed E-state index contributed by atoms with van der Waals surface area (Å²) in [6.07, 6.45) is 2.16. The SMILES string of the molecule is COc1cc([C@H]2C3=CC[C@@H]4C(=O)N(c5ccc(C(=O)c6ccccc6)cc5)C(=O)[C@@H]4[C@@H]3C[C@H]3C(=O)N(c4ccc(F)c(Cl)c4)C(=O)[C@@]23C)cc(Cl)c1O. The van der Waals surface area contributed by atoms with Crippen LogP contribution in [0, 0.1) is 34.9 Å². The summed E-state index contributed by atoms with van der Waals surface area (Å²) in [7, 11) is 1.36. The molecule has 1 N–H and O–H groups in total. The predicted octanol–water partition coefficient (Wildman–Crippen LogP) is 7.51. The molecule has 2 aliphatic heterocycles. The number of ketones is 1. The van der Waals surface area contributed by atoms with Crippen LogP contribution in [0.3, 0.4) is 0 Å². The fourth-order valence-corrected chi connectivity index (χ4v) is 9.35. The van der Waals surface area contributed by atoms with E-state index in [9.17, 15) is 33.5 Å². The first kappa shape index (κ1) is 34.7. The average Bonchev–Trinajstić information content (AvgIpc) is 3.53. The van der Waals surface area contributed by atoms with Crippen LogP contribution in [0.1, 0.15) is 47.2 Å². The van der Waals surface area contributed by atoms with Crippen molar-refractivity contribution in [2.45, 2.75) is 25.7 Å². The number of phenols is 1. The van der Waals surface area contributed by atoms with Crippen LogP contribution in [0.2, 0.25) is 10.0 Å². The van der Waals surface area contributed by atoms with Crippen molar-refractivity contribution in [1.29, 1.82) is 0 Å². The minimum absolute atomic E-state index is 0.0395. The number of allylic oxidation sites excluding steroid dienone is 2. The smallest absolute Gasteiger partial charge is 0.241 e. The third-order valence-electron chi connectivity index (χ3n) is 11.5. The van der Waals surface area contributed by atoms with Crippen molar-refractivity contribution in [3.05, 3.63) is 129 Å². The van der Waals surface area contributed by atoms with Gasteiger partial charge in [-0.3, -0.25) is 28.9 Å². The molecule has 4 aromatic rings. The van der Waals surface area contributed by atoms with E-state index < -0.39 is 64.5 Å². The second kappa shape index (κ2) is 12.7. The van der Waals surface area contributed by atoms with Gasteiger partial charge in [-0.1, -0.05) is 65.2 Å². The standard InChI is InChI=1S/C41H31Cl2FN2O7/c1-41-28(38(50)46(40(41)52)24-12-15-31(44)29(42)18-24)19-27-25(34(41)22-16-30(43)36(48)32(17-22)53-2)13-14-26-33(27)39(51)45(37(26)49)23-10-8-21(9-11-23)35(47)20-6-4-3-5-7-20/h3-13,15-18,26-28,33-34,48H,14,19H2,1-2H3/t26-,27+,28-,33-,34-,41+/m0/s1. The lowest BCUT2D eigenvalue weighted by atomic mass is 9.51. The molecule has 53 heavy (non-hydrogen) atoms. The van der Waals surface area contributed by atoms with Crippen molar-refractivity contribution >= 4 is 64.0 Å². The second-order valence-corrected chi connectivity index (χ2v) is 14.9. The number of halogens is 3. The summed E-state index contributed by atoms with van der Waals surface area (Å²) in [5.74, 6) is -7.13. The zero-order valence-electron chi connectivity index (χ0n) is 28.4. The number of ether oxygens (including phenoxy) is 1. The number of methoxy groups -OCH3 is 1. The highest BCUT2D eigenvalue weighted by molar-refractivity contribution is 6.32. The molecule has 4 amide bonds. The largest absolute Gasteiger partial charge is 0.503 e. The number of carbonyl (C=O) groups excluding carboxylic acids is 5. The summed E-state index contributed by atoms with van der Waals surface area (Å²) in [5, 5.41) is 10.3. The van der Waals surface area contributed by atoms with Crippen LogP contribution < -0.4 is 14.5 Å². The number of benzene rings is 4. The normalized spacial score (nSPS) is 26.3. The number of nitrogens with zero attached hydrogens (tertiary/aromatic N) is 2. The summed E-state index contributed by atoms with van der Waals surface area (Å²) in [4.78, 5) is 72.8. The molecule has 0 radical (unpaired) electrons. The van der Waals surface area contributed by atoms with Gasteiger partial charge in [0.15, 0.2) is 17.3 Å². The summed E-state index contributed by atoms with van der Waals surface area (Å²) in [6, 6.07) is 21.8. The molecule has 4 aliphatic rings. The Morgan fingerprint density at radius 2 is 1.51 bits per heavy atom. The lowest BCUT2D eigenvalue weighted by Crippen LogP contribution is -2.48. The first-order valence-corrected chi connectivity index (χ1v) is 17.8. The molecule has 6 atom stereocenters. The topological polar surface area (TPSA) is 121 Å². The fourth-order valence-electron chi connectivity index (χ4n) is 8.95. The average molecular weight is 754 g/mol. The van der Waals surface area contributed by atoms with Gasteiger partial charge in [0, 0.05) is 17.0 Å². The van der Waals surface area contributed by atoms with Crippen LogP contribution in [-0.4, -0.2) is 41.6 Å². The Bertz CT molecular complexity index is 2300. The fraction of sp³-hybridized carbons (Fsp3) is 0.244. The van der Waals surface area contributed by atoms with E-state index in [1.165, 1.54) is 25.3 Å². The lowest BCUT2D eigenvalue weighted by Gasteiger charge is -2.49. The van der Waals surface area contributed by atoms with Gasteiger partial charge < -0.3 is 9.84 Å². The van der Waals surface area contributed by atoms with E-state index in [0.29, 0.717) is 28.0 Å². The maximum absolute atomic E-state index is 14.7. The van der Waals surface area contributed by atoms with Crippen LogP contribution in [0.15, 0.2) is 96.6 Å². The first-order chi connectivity index (χ1) is 25.4. The molecule has 1 saturated carbocycles. The van der Waals surface area contributed by atoms with Crippen LogP contribution in [0.4, 0.5) is 15.8 Å². The third kappa shape index (κ3) is 5.14. The molecule has 2 heterocycles. The van der Waals surface area contributed by atoms with Crippen molar-refractivity contribution in [3.8, 4) is 11.5 Å². The minimum Gasteiger partial charge on any atom is -0.503 e. The van der Waals surface area contributed by atoms with Gasteiger partial charge >= 0.3 is 0 Å². The van der Waals surface area contributed by atoms with E-state index in [0.717, 1.165) is 15.9 Å². The molecule has 0 aromatic heterocycles. The molecule has 268 valence electrons. The Kier molecular flexibility index (Phi) is 8.31. The van der Waals surface area contributed by atoms with Crippen molar-refractivity contribution in [3.63, 3.8) is 0 Å². The monoisotopic (exact) mass is 752 g/mol. The van der Waals surface area contributed by atoms with E-state index in [1.54, 1.807) is 61.5 Å². The van der Waals surface area contributed by atoms with Crippen LogP contribution in [-0.2, 0) is 19.2 Å². The number of amides is 4. The summed E-state index contributed by atoms with van der Waals surface area (Å²) < 4.78 is 19.6. The van der Waals surface area contributed by atoms with Crippen LogP contribution in [0.25, 0.3) is 0 Å². The van der Waals surface area contributed by atoms with E-state index >= 15 is 0 Å². The maximum atomic E-state index is 14.7. The van der Waals surface area contributed by atoms with E-state index in [1.807, 2.05) is 12.1 Å². The van der Waals surface area contributed by atoms with Crippen molar-refractivity contribution < 1.29 is 38.2 Å². The molecular formula is C41H31Cl2FN2O7. The Hall–Kier alpha value is -5.32. The van der Waals surface area contributed by atoms with Gasteiger partial charge in [-0.15, -0.1) is 0 Å². The highest BCUT2D eigenvalue weighted by atomic mass is 35.5. The van der Waals surface area contributed by atoms with Crippen LogP contribution >= 0.6 is 23.2 Å². The number of rotatable bonds is 6. The molecule has 0 bridgehead atoms. The molecule has 0 spiro atoms. The molecular weight excluding hydrogens is 722 g/mol. The maximum Gasteiger partial charge on any atom is 0.241 e. The van der Waals surface area contributed by atoms with Gasteiger partial charge in [-0.25, -0.2) is 9.29 Å². The number of aromatic hydroxyl groups is 1. The number of hydrogen-bond acceptors (Lipinski definition) is 7. The Morgan fingerprint density at radius 1 is 0.830 bits per heavy atom. The number of phenolic OH excluding ortho intramolecular Hbond substituents is 1. The van der Waals surface area contributed by atoms with Gasteiger partial charge in [-0.2, -0.15) is 0 Å². The molecule has 3 fully saturated rings. The molecule has 4 aromatic carbocycles. The summed E-state index contributed by atoms with van der Waals surface area (Å²) >= 11 is 12.6. The lowest BCUT2D eigenvalue weighted by molar-refractivity contribution is -0.131. The number of anilines is 2. The molecule has 9 nitrogen and oxygen atoms in total. The Morgan fingerprint density at radius 3 is 2.19 bits per heavy atom. The highest BCUT2D eigenvalue weighted by Gasteiger charge is 2.67. The molecule has 2 aliphatic carbocycles. The third-order valence-corrected chi connectivity index (χ3v) is 12.0. The van der Waals surface area contributed by atoms with E-state index in [4.69, 9.17) is 27.9 Å². The van der Waals surface area contributed by atoms with Crippen molar-refractivity contribution in [2.24, 2.45) is 29.1 Å². The zero-order chi connectivity index (χ0) is 37.5. The Labute approximate surface area is 313 Å². The first-order valence-electron chi connectivity index (χ1n) is 17.0. The minimum atomic E-state index is -1.43. The highest BCUT2D eigenvalue weighted by Crippen LogP contribution is 2.64. The number of hydrogen-bond donors (Lipinski definition) is 1. The molecule has 8 rings (SSSR count). The van der Waals surface area contributed by atoms with Crippen molar-refractivity contribution in [2.75, 3.05) is 16.9 Å².